The Bertz CT molecular complexity index is 746. The molecule has 4 nitrogen and oxygen atoms in total. The molecule has 0 saturated heterocycles. The fraction of sp³-hybridized carbons (Fsp3) is 0.125. The summed E-state index contributed by atoms with van der Waals surface area (Å²) in [6.45, 7) is 1.84. The standard InChI is InChI=1S/C16H13FN2O2S/c1-9-15(20)19-13-8-12(6-7-14(13)22-9)18-16(21)10-2-4-11(17)5-3-10/h2-9H,1H3,(H,18,21)(H,19,20). The summed E-state index contributed by atoms with van der Waals surface area (Å²) >= 11 is 1.48. The molecule has 6 heteroatoms. The van der Waals surface area contributed by atoms with Crippen LogP contribution < -0.4 is 10.6 Å². The predicted molar refractivity (Wildman–Crippen MR) is 84.7 cm³/mol. The van der Waals surface area contributed by atoms with Gasteiger partial charge in [-0.2, -0.15) is 0 Å². The molecule has 1 unspecified atom stereocenters. The highest BCUT2D eigenvalue weighted by atomic mass is 32.2. The lowest BCUT2D eigenvalue weighted by molar-refractivity contribution is -0.115. The van der Waals surface area contributed by atoms with Crippen molar-refractivity contribution in [3.8, 4) is 0 Å². The first-order valence-electron chi connectivity index (χ1n) is 6.71. The highest BCUT2D eigenvalue weighted by molar-refractivity contribution is 8.00. The maximum Gasteiger partial charge on any atom is 0.255 e. The van der Waals surface area contributed by atoms with Crippen molar-refractivity contribution < 1.29 is 14.0 Å². The van der Waals surface area contributed by atoms with Gasteiger partial charge >= 0.3 is 0 Å². The fourth-order valence-corrected chi connectivity index (χ4v) is 3.02. The number of halogens is 1. The Labute approximate surface area is 131 Å². The number of carbonyl (C=O) groups excluding carboxylic acids is 2. The molecule has 0 radical (unpaired) electrons. The van der Waals surface area contributed by atoms with E-state index in [4.69, 9.17) is 0 Å². The van der Waals surface area contributed by atoms with E-state index in [-0.39, 0.29) is 22.9 Å². The SMILES string of the molecule is CC1Sc2ccc(NC(=O)c3ccc(F)cc3)cc2NC1=O. The van der Waals surface area contributed by atoms with E-state index in [1.807, 2.05) is 13.0 Å². The van der Waals surface area contributed by atoms with E-state index in [1.54, 1.807) is 12.1 Å². The van der Waals surface area contributed by atoms with Crippen LogP contribution in [0.2, 0.25) is 0 Å². The Balaban J connectivity index is 1.79. The Morgan fingerprint density at radius 1 is 1.23 bits per heavy atom. The lowest BCUT2D eigenvalue weighted by atomic mass is 10.2. The maximum atomic E-state index is 12.9. The van der Waals surface area contributed by atoms with E-state index in [9.17, 15) is 14.0 Å². The van der Waals surface area contributed by atoms with Crippen molar-refractivity contribution in [2.75, 3.05) is 10.6 Å². The molecule has 2 amide bonds. The maximum absolute atomic E-state index is 12.9. The largest absolute Gasteiger partial charge is 0.324 e. The van der Waals surface area contributed by atoms with Crippen molar-refractivity contribution in [1.82, 2.24) is 0 Å². The van der Waals surface area contributed by atoms with E-state index in [0.717, 1.165) is 4.90 Å². The van der Waals surface area contributed by atoms with Gasteiger partial charge in [-0.05, 0) is 49.4 Å². The number of hydrogen-bond donors (Lipinski definition) is 2. The molecule has 0 bridgehead atoms. The van der Waals surface area contributed by atoms with Crippen molar-refractivity contribution in [2.45, 2.75) is 17.1 Å². The Hall–Kier alpha value is -2.34. The molecule has 0 aliphatic carbocycles. The van der Waals surface area contributed by atoms with Gasteiger partial charge < -0.3 is 10.6 Å². The van der Waals surface area contributed by atoms with E-state index < -0.39 is 0 Å². The van der Waals surface area contributed by atoms with Crippen LogP contribution in [0.15, 0.2) is 47.4 Å². The molecular weight excluding hydrogens is 303 g/mol. The zero-order valence-electron chi connectivity index (χ0n) is 11.7. The number of anilines is 2. The minimum atomic E-state index is -0.390. The molecule has 2 aromatic carbocycles. The Morgan fingerprint density at radius 2 is 1.95 bits per heavy atom. The predicted octanol–water partition coefficient (Wildman–Crippen LogP) is 3.51. The highest BCUT2D eigenvalue weighted by Gasteiger charge is 2.23. The second-order valence-electron chi connectivity index (χ2n) is 4.92. The fourth-order valence-electron chi connectivity index (χ4n) is 2.09. The first kappa shape index (κ1) is 14.6. The molecule has 0 saturated carbocycles. The van der Waals surface area contributed by atoms with Gasteiger partial charge in [-0.3, -0.25) is 9.59 Å². The summed E-state index contributed by atoms with van der Waals surface area (Å²) in [5.41, 5.74) is 1.62. The summed E-state index contributed by atoms with van der Waals surface area (Å²) in [5.74, 6) is -0.776. The average Bonchev–Trinajstić information content (AvgIpc) is 2.49. The van der Waals surface area contributed by atoms with Crippen LogP contribution in [0.5, 0.6) is 0 Å². The molecule has 0 spiro atoms. The van der Waals surface area contributed by atoms with Gasteiger partial charge in [-0.1, -0.05) is 0 Å². The molecule has 1 aliphatic heterocycles. The van der Waals surface area contributed by atoms with Gasteiger partial charge in [0.1, 0.15) is 5.82 Å². The van der Waals surface area contributed by atoms with Crippen molar-refractivity contribution >= 4 is 35.0 Å². The Kier molecular flexibility index (Phi) is 3.85. The first-order chi connectivity index (χ1) is 10.5. The molecule has 112 valence electrons. The number of fused-ring (bicyclic) bond motifs is 1. The monoisotopic (exact) mass is 316 g/mol. The van der Waals surface area contributed by atoms with Gasteiger partial charge in [0.05, 0.1) is 10.9 Å². The van der Waals surface area contributed by atoms with Crippen LogP contribution in [0.1, 0.15) is 17.3 Å². The molecule has 2 N–H and O–H groups in total. The van der Waals surface area contributed by atoms with Crippen LogP contribution in [-0.2, 0) is 4.79 Å². The minimum Gasteiger partial charge on any atom is -0.324 e. The number of hydrogen-bond acceptors (Lipinski definition) is 3. The topological polar surface area (TPSA) is 58.2 Å². The van der Waals surface area contributed by atoms with Crippen molar-refractivity contribution in [2.24, 2.45) is 0 Å². The molecular formula is C16H13FN2O2S. The molecule has 0 aromatic heterocycles. The zero-order valence-corrected chi connectivity index (χ0v) is 12.5. The summed E-state index contributed by atoms with van der Waals surface area (Å²) in [5, 5.41) is 5.41. The number of benzene rings is 2. The quantitative estimate of drug-likeness (QED) is 0.891. The van der Waals surface area contributed by atoms with Crippen LogP contribution in [0.25, 0.3) is 0 Å². The van der Waals surface area contributed by atoms with E-state index in [2.05, 4.69) is 10.6 Å². The lowest BCUT2D eigenvalue weighted by Crippen LogP contribution is -2.26. The van der Waals surface area contributed by atoms with Crippen molar-refractivity contribution in [3.05, 3.63) is 53.8 Å². The second-order valence-corrected chi connectivity index (χ2v) is 6.30. The third-order valence-corrected chi connectivity index (χ3v) is 4.45. The average molecular weight is 316 g/mol. The van der Waals surface area contributed by atoms with Gasteiger partial charge in [0.15, 0.2) is 0 Å². The molecule has 0 fully saturated rings. The van der Waals surface area contributed by atoms with E-state index in [0.29, 0.717) is 16.9 Å². The van der Waals surface area contributed by atoms with Gasteiger partial charge in [0, 0.05) is 16.1 Å². The third-order valence-electron chi connectivity index (χ3n) is 3.27. The molecule has 1 atom stereocenters. The summed E-state index contributed by atoms with van der Waals surface area (Å²) in [4.78, 5) is 24.7. The molecule has 1 aliphatic rings. The van der Waals surface area contributed by atoms with E-state index >= 15 is 0 Å². The van der Waals surface area contributed by atoms with Crippen LogP contribution >= 0.6 is 11.8 Å². The minimum absolute atomic E-state index is 0.0560. The van der Waals surface area contributed by atoms with Crippen LogP contribution in [0.4, 0.5) is 15.8 Å². The number of nitrogens with one attached hydrogen (secondary N) is 2. The Morgan fingerprint density at radius 3 is 2.68 bits per heavy atom. The number of rotatable bonds is 2. The van der Waals surface area contributed by atoms with Crippen LogP contribution in [-0.4, -0.2) is 17.1 Å². The van der Waals surface area contributed by atoms with E-state index in [1.165, 1.54) is 36.0 Å². The van der Waals surface area contributed by atoms with Gasteiger partial charge in [0.25, 0.3) is 5.91 Å². The summed E-state index contributed by atoms with van der Waals surface area (Å²) in [6, 6.07) is 10.7. The van der Waals surface area contributed by atoms with Crippen LogP contribution in [0, 0.1) is 5.82 Å². The number of carbonyl (C=O) groups is 2. The summed E-state index contributed by atoms with van der Waals surface area (Å²) in [7, 11) is 0. The van der Waals surface area contributed by atoms with Gasteiger partial charge in [-0.15, -0.1) is 11.8 Å². The summed E-state index contributed by atoms with van der Waals surface area (Å²) < 4.78 is 12.9. The molecule has 1 heterocycles. The normalized spacial score (nSPS) is 16.6. The smallest absolute Gasteiger partial charge is 0.255 e. The van der Waals surface area contributed by atoms with Crippen molar-refractivity contribution in [3.63, 3.8) is 0 Å². The zero-order chi connectivity index (χ0) is 15.7. The van der Waals surface area contributed by atoms with Gasteiger partial charge in [0.2, 0.25) is 5.91 Å². The third kappa shape index (κ3) is 2.96. The summed E-state index contributed by atoms with van der Waals surface area (Å²) in [6.07, 6.45) is 0. The van der Waals surface area contributed by atoms with Crippen LogP contribution in [0.3, 0.4) is 0 Å². The lowest BCUT2D eigenvalue weighted by Gasteiger charge is -2.22. The number of amides is 2. The van der Waals surface area contributed by atoms with Gasteiger partial charge in [-0.25, -0.2) is 4.39 Å². The molecule has 3 rings (SSSR count). The number of thioether (sulfide) groups is 1. The first-order valence-corrected chi connectivity index (χ1v) is 7.59. The highest BCUT2D eigenvalue weighted by Crippen LogP contribution is 2.37. The molecule has 22 heavy (non-hydrogen) atoms. The molecule has 2 aromatic rings. The second kappa shape index (κ2) is 5.81. The van der Waals surface area contributed by atoms with Crippen molar-refractivity contribution in [1.29, 1.82) is 0 Å².